The standard InChI is InChI=1S/C16H30O2/c1-14(2)8-5-9-15(3)12(14)6-10-16(4,18)13(15)7-11-17/h12-13,17-18H,5-11H2,1-4H3/t12-,13+,15+,16+/m0/s1. The molecule has 0 unspecified atom stereocenters. The Balaban J connectivity index is 2.35. The van der Waals surface area contributed by atoms with E-state index in [9.17, 15) is 10.2 Å². The average Bonchev–Trinajstić information content (AvgIpc) is 2.22. The molecular formula is C16H30O2. The Kier molecular flexibility index (Phi) is 3.57. The Morgan fingerprint density at radius 3 is 2.33 bits per heavy atom. The molecule has 18 heavy (non-hydrogen) atoms. The van der Waals surface area contributed by atoms with Gasteiger partial charge < -0.3 is 10.2 Å². The Morgan fingerprint density at radius 1 is 1.06 bits per heavy atom. The zero-order valence-electron chi connectivity index (χ0n) is 12.5. The molecule has 0 saturated heterocycles. The maximum Gasteiger partial charge on any atom is 0.0654 e. The van der Waals surface area contributed by atoms with Crippen molar-refractivity contribution in [2.24, 2.45) is 22.7 Å². The molecular weight excluding hydrogens is 224 g/mol. The lowest BCUT2D eigenvalue weighted by Crippen LogP contribution is -2.57. The highest BCUT2D eigenvalue weighted by Crippen LogP contribution is 2.62. The second kappa shape index (κ2) is 4.49. The van der Waals surface area contributed by atoms with Crippen LogP contribution in [-0.4, -0.2) is 22.4 Å². The van der Waals surface area contributed by atoms with E-state index in [1.54, 1.807) is 0 Å². The van der Waals surface area contributed by atoms with E-state index in [0.717, 1.165) is 19.3 Å². The topological polar surface area (TPSA) is 40.5 Å². The number of aliphatic hydroxyl groups is 2. The lowest BCUT2D eigenvalue weighted by molar-refractivity contribution is -0.171. The lowest BCUT2D eigenvalue weighted by atomic mass is 9.45. The van der Waals surface area contributed by atoms with Crippen LogP contribution in [-0.2, 0) is 0 Å². The molecule has 2 fully saturated rings. The molecule has 0 aromatic carbocycles. The number of hydrogen-bond donors (Lipinski definition) is 2. The summed E-state index contributed by atoms with van der Waals surface area (Å²) in [6, 6.07) is 0. The molecule has 0 aliphatic heterocycles. The molecule has 2 heteroatoms. The molecule has 2 saturated carbocycles. The molecule has 4 atom stereocenters. The number of hydrogen-bond acceptors (Lipinski definition) is 2. The van der Waals surface area contributed by atoms with Crippen LogP contribution in [0.15, 0.2) is 0 Å². The van der Waals surface area contributed by atoms with Gasteiger partial charge in [-0.05, 0) is 61.7 Å². The second-order valence-electron chi connectivity index (χ2n) is 7.86. The summed E-state index contributed by atoms with van der Waals surface area (Å²) in [5.74, 6) is 0.934. The third-order valence-corrected chi connectivity index (χ3v) is 6.18. The van der Waals surface area contributed by atoms with Crippen LogP contribution >= 0.6 is 0 Å². The van der Waals surface area contributed by atoms with Crippen LogP contribution < -0.4 is 0 Å². The van der Waals surface area contributed by atoms with E-state index in [0.29, 0.717) is 11.3 Å². The monoisotopic (exact) mass is 254 g/mol. The Labute approximate surface area is 112 Å². The molecule has 2 rings (SSSR count). The second-order valence-corrected chi connectivity index (χ2v) is 7.86. The van der Waals surface area contributed by atoms with Gasteiger partial charge in [-0.15, -0.1) is 0 Å². The van der Waals surface area contributed by atoms with Crippen LogP contribution in [0.5, 0.6) is 0 Å². The van der Waals surface area contributed by atoms with Gasteiger partial charge in [0.15, 0.2) is 0 Å². The first-order valence-electron chi connectivity index (χ1n) is 7.57. The maximum atomic E-state index is 10.7. The summed E-state index contributed by atoms with van der Waals surface area (Å²) in [5.41, 5.74) is -0.00909. The first-order valence-corrected chi connectivity index (χ1v) is 7.57. The van der Waals surface area contributed by atoms with Crippen molar-refractivity contribution < 1.29 is 10.2 Å². The van der Waals surface area contributed by atoms with Gasteiger partial charge in [0.05, 0.1) is 5.60 Å². The van der Waals surface area contributed by atoms with Crippen LogP contribution in [0.2, 0.25) is 0 Å². The fourth-order valence-corrected chi connectivity index (χ4v) is 5.39. The van der Waals surface area contributed by atoms with Crippen molar-refractivity contribution >= 4 is 0 Å². The fourth-order valence-electron chi connectivity index (χ4n) is 5.39. The highest BCUT2D eigenvalue weighted by molar-refractivity contribution is 5.07. The maximum absolute atomic E-state index is 10.7. The van der Waals surface area contributed by atoms with Crippen molar-refractivity contribution in [1.82, 2.24) is 0 Å². The van der Waals surface area contributed by atoms with Crippen molar-refractivity contribution in [2.45, 2.75) is 71.8 Å². The molecule has 2 aliphatic carbocycles. The molecule has 0 amide bonds. The van der Waals surface area contributed by atoms with E-state index in [1.807, 2.05) is 6.92 Å². The SMILES string of the molecule is CC1(C)CCC[C@@]2(C)[C@@H](CCO)[C@](C)(O)CC[C@@H]12. The minimum Gasteiger partial charge on any atom is -0.396 e. The minimum atomic E-state index is -0.596. The quantitative estimate of drug-likeness (QED) is 0.793. The summed E-state index contributed by atoms with van der Waals surface area (Å²) in [7, 11) is 0. The van der Waals surface area contributed by atoms with Crippen LogP contribution in [0.1, 0.15) is 66.2 Å². The first-order chi connectivity index (χ1) is 8.24. The van der Waals surface area contributed by atoms with E-state index < -0.39 is 5.60 Å². The van der Waals surface area contributed by atoms with Crippen molar-refractivity contribution in [2.75, 3.05) is 6.61 Å². The van der Waals surface area contributed by atoms with Crippen LogP contribution in [0.4, 0.5) is 0 Å². The van der Waals surface area contributed by atoms with Gasteiger partial charge >= 0.3 is 0 Å². The highest BCUT2D eigenvalue weighted by Gasteiger charge is 2.57. The number of fused-ring (bicyclic) bond motifs is 1. The van der Waals surface area contributed by atoms with E-state index in [-0.39, 0.29) is 17.9 Å². The summed E-state index contributed by atoms with van der Waals surface area (Å²) in [6.07, 6.45) is 6.55. The third kappa shape index (κ3) is 2.12. The number of aliphatic hydroxyl groups excluding tert-OH is 1. The van der Waals surface area contributed by atoms with Crippen LogP contribution in [0.25, 0.3) is 0 Å². The van der Waals surface area contributed by atoms with Gasteiger partial charge in [-0.2, -0.15) is 0 Å². The molecule has 0 spiro atoms. The smallest absolute Gasteiger partial charge is 0.0654 e. The first kappa shape index (κ1) is 14.3. The van der Waals surface area contributed by atoms with Gasteiger partial charge in [-0.1, -0.05) is 27.2 Å². The highest BCUT2D eigenvalue weighted by atomic mass is 16.3. The van der Waals surface area contributed by atoms with Gasteiger partial charge in [0.25, 0.3) is 0 Å². The van der Waals surface area contributed by atoms with Crippen LogP contribution in [0.3, 0.4) is 0 Å². The Morgan fingerprint density at radius 2 is 1.72 bits per heavy atom. The summed E-state index contributed by atoms with van der Waals surface area (Å²) in [4.78, 5) is 0. The van der Waals surface area contributed by atoms with E-state index >= 15 is 0 Å². The molecule has 0 bridgehead atoms. The summed E-state index contributed by atoms with van der Waals surface area (Å²) < 4.78 is 0. The molecule has 0 aromatic rings. The zero-order chi connectivity index (χ0) is 13.6. The van der Waals surface area contributed by atoms with E-state index in [4.69, 9.17) is 0 Å². The van der Waals surface area contributed by atoms with Gasteiger partial charge in [-0.3, -0.25) is 0 Å². The van der Waals surface area contributed by atoms with Crippen molar-refractivity contribution in [3.05, 3.63) is 0 Å². The van der Waals surface area contributed by atoms with Crippen molar-refractivity contribution in [3.63, 3.8) is 0 Å². The van der Waals surface area contributed by atoms with Gasteiger partial charge in [0.1, 0.15) is 0 Å². The summed E-state index contributed by atoms with van der Waals surface area (Å²) in [6.45, 7) is 9.34. The van der Waals surface area contributed by atoms with Crippen LogP contribution in [0, 0.1) is 22.7 Å². The largest absolute Gasteiger partial charge is 0.396 e. The van der Waals surface area contributed by atoms with Crippen molar-refractivity contribution in [1.29, 1.82) is 0 Å². The Hall–Kier alpha value is -0.0800. The molecule has 2 N–H and O–H groups in total. The summed E-state index contributed by atoms with van der Waals surface area (Å²) in [5, 5.41) is 20.1. The third-order valence-electron chi connectivity index (χ3n) is 6.18. The molecule has 0 heterocycles. The lowest BCUT2D eigenvalue weighted by Gasteiger charge is -2.61. The normalized spacial score (nSPS) is 47.7. The molecule has 106 valence electrons. The fraction of sp³-hybridized carbons (Fsp3) is 1.00. The Bertz CT molecular complexity index is 308. The predicted octanol–water partition coefficient (Wildman–Crippen LogP) is 3.36. The number of rotatable bonds is 2. The predicted molar refractivity (Wildman–Crippen MR) is 74.3 cm³/mol. The molecule has 0 radical (unpaired) electrons. The average molecular weight is 254 g/mol. The van der Waals surface area contributed by atoms with Crippen molar-refractivity contribution in [3.8, 4) is 0 Å². The summed E-state index contributed by atoms with van der Waals surface area (Å²) >= 11 is 0. The van der Waals surface area contributed by atoms with Gasteiger partial charge in [0.2, 0.25) is 0 Å². The van der Waals surface area contributed by atoms with Gasteiger partial charge in [0, 0.05) is 6.61 Å². The van der Waals surface area contributed by atoms with E-state index in [1.165, 1.54) is 19.3 Å². The van der Waals surface area contributed by atoms with Gasteiger partial charge in [-0.25, -0.2) is 0 Å². The van der Waals surface area contributed by atoms with E-state index in [2.05, 4.69) is 20.8 Å². The molecule has 0 aromatic heterocycles. The zero-order valence-corrected chi connectivity index (χ0v) is 12.5. The minimum absolute atomic E-state index is 0.198. The molecule has 2 aliphatic rings. The molecule has 2 nitrogen and oxygen atoms in total.